The number of rotatable bonds is 6. The number of hydrogen-bond acceptors (Lipinski definition) is 4. The fourth-order valence-corrected chi connectivity index (χ4v) is 2.41. The minimum atomic E-state index is -0.469. The van der Waals surface area contributed by atoms with Crippen molar-refractivity contribution in [3.05, 3.63) is 35.6 Å². The summed E-state index contributed by atoms with van der Waals surface area (Å²) >= 11 is 0. The van der Waals surface area contributed by atoms with E-state index in [1.54, 1.807) is 0 Å². The monoisotopic (exact) mass is 318 g/mol. The molecule has 1 aromatic carbocycles. The Hall–Kier alpha value is -2.01. The zero-order valence-electron chi connectivity index (χ0n) is 14.4. The van der Waals surface area contributed by atoms with E-state index in [1.807, 2.05) is 39.0 Å². The second-order valence-electron chi connectivity index (χ2n) is 6.46. The van der Waals surface area contributed by atoms with Crippen LogP contribution < -0.4 is 10.6 Å². The van der Waals surface area contributed by atoms with Gasteiger partial charge in [0.05, 0.1) is 0 Å². The zero-order chi connectivity index (χ0) is 16.9. The summed E-state index contributed by atoms with van der Waals surface area (Å²) in [6.45, 7) is 9.54. The second-order valence-corrected chi connectivity index (χ2v) is 6.46. The summed E-state index contributed by atoms with van der Waals surface area (Å²) in [4.78, 5) is 11.5. The van der Waals surface area contributed by atoms with E-state index in [4.69, 9.17) is 9.15 Å². The fourth-order valence-electron chi connectivity index (χ4n) is 2.41. The van der Waals surface area contributed by atoms with Crippen LogP contribution in [0, 0.1) is 0 Å². The lowest BCUT2D eigenvalue weighted by Crippen LogP contribution is -2.36. The summed E-state index contributed by atoms with van der Waals surface area (Å²) in [7, 11) is 0. The Kier molecular flexibility index (Phi) is 5.66. The quantitative estimate of drug-likeness (QED) is 0.799. The summed E-state index contributed by atoms with van der Waals surface area (Å²) in [6, 6.07) is 8.06. The highest BCUT2D eigenvalue weighted by Gasteiger charge is 2.15. The van der Waals surface area contributed by atoms with E-state index in [9.17, 15) is 4.79 Å². The van der Waals surface area contributed by atoms with E-state index in [0.717, 1.165) is 29.7 Å². The summed E-state index contributed by atoms with van der Waals surface area (Å²) in [6.07, 6.45) is 0.476. The first-order valence-corrected chi connectivity index (χ1v) is 8.07. The number of carbonyl (C=O) groups excluding carboxylic acids is 1. The molecule has 0 aliphatic heterocycles. The standard InChI is InChI=1S/C18H26N2O3/c1-5-15-14(13-8-6-7-9-16(13)22-15)12-19-10-11-20-17(21)23-18(2,3)4/h6-9,19H,5,10-12H2,1-4H3,(H,20,21). The summed E-state index contributed by atoms with van der Waals surface area (Å²) in [5, 5.41) is 7.23. The molecule has 2 rings (SSSR count). The minimum Gasteiger partial charge on any atom is -0.461 e. The van der Waals surface area contributed by atoms with Gasteiger partial charge in [0.25, 0.3) is 0 Å². The highest BCUT2D eigenvalue weighted by Crippen LogP contribution is 2.25. The molecule has 0 spiro atoms. The van der Waals surface area contributed by atoms with Gasteiger partial charge in [0.15, 0.2) is 0 Å². The predicted molar refractivity (Wildman–Crippen MR) is 91.5 cm³/mol. The lowest BCUT2D eigenvalue weighted by atomic mass is 10.1. The van der Waals surface area contributed by atoms with Gasteiger partial charge in [-0.25, -0.2) is 4.79 Å². The summed E-state index contributed by atoms with van der Waals surface area (Å²) in [5.74, 6) is 1.01. The molecule has 0 saturated carbocycles. The van der Waals surface area contributed by atoms with E-state index < -0.39 is 5.60 Å². The van der Waals surface area contributed by atoms with Crippen LogP contribution in [0.4, 0.5) is 4.79 Å². The van der Waals surface area contributed by atoms with Crippen molar-refractivity contribution in [1.29, 1.82) is 0 Å². The van der Waals surface area contributed by atoms with Crippen molar-refractivity contribution >= 4 is 17.1 Å². The van der Waals surface area contributed by atoms with E-state index in [-0.39, 0.29) is 6.09 Å². The highest BCUT2D eigenvalue weighted by molar-refractivity contribution is 5.82. The fraction of sp³-hybridized carbons (Fsp3) is 0.500. The van der Waals surface area contributed by atoms with Crippen molar-refractivity contribution in [2.24, 2.45) is 0 Å². The molecule has 0 aliphatic carbocycles. The van der Waals surface area contributed by atoms with Gasteiger partial charge in [-0.1, -0.05) is 25.1 Å². The number of benzene rings is 1. The Morgan fingerprint density at radius 3 is 2.65 bits per heavy atom. The van der Waals surface area contributed by atoms with Crippen molar-refractivity contribution in [2.75, 3.05) is 13.1 Å². The van der Waals surface area contributed by atoms with Gasteiger partial charge in [0.1, 0.15) is 16.9 Å². The van der Waals surface area contributed by atoms with Gasteiger partial charge in [-0.05, 0) is 26.8 Å². The van der Waals surface area contributed by atoms with E-state index in [1.165, 1.54) is 5.56 Å². The van der Waals surface area contributed by atoms with Gasteiger partial charge in [-0.2, -0.15) is 0 Å². The normalized spacial score (nSPS) is 11.7. The van der Waals surface area contributed by atoms with Crippen LogP contribution in [-0.2, 0) is 17.7 Å². The Bertz CT molecular complexity index is 656. The number of alkyl carbamates (subject to hydrolysis) is 1. The van der Waals surface area contributed by atoms with Gasteiger partial charge in [-0.3, -0.25) is 0 Å². The number of carbonyl (C=O) groups is 1. The van der Waals surface area contributed by atoms with Gasteiger partial charge >= 0.3 is 6.09 Å². The third-order valence-corrected chi connectivity index (χ3v) is 3.37. The average Bonchev–Trinajstić information content (AvgIpc) is 2.83. The largest absolute Gasteiger partial charge is 0.461 e. The second kappa shape index (κ2) is 7.51. The molecule has 0 unspecified atom stereocenters. The smallest absolute Gasteiger partial charge is 0.407 e. The summed E-state index contributed by atoms with van der Waals surface area (Å²) in [5.41, 5.74) is 1.65. The van der Waals surface area contributed by atoms with Crippen molar-refractivity contribution < 1.29 is 13.9 Å². The Balaban J connectivity index is 1.82. The number of aryl methyl sites for hydroxylation is 1. The molecule has 1 aromatic heterocycles. The van der Waals surface area contributed by atoms with Crippen molar-refractivity contribution in [3.63, 3.8) is 0 Å². The van der Waals surface area contributed by atoms with Crippen molar-refractivity contribution in [3.8, 4) is 0 Å². The number of fused-ring (bicyclic) bond motifs is 1. The van der Waals surface area contributed by atoms with Crippen molar-refractivity contribution in [1.82, 2.24) is 10.6 Å². The molecule has 126 valence electrons. The molecule has 5 heteroatoms. The maximum Gasteiger partial charge on any atom is 0.407 e. The van der Waals surface area contributed by atoms with Crippen LogP contribution in [0.25, 0.3) is 11.0 Å². The molecule has 0 bridgehead atoms. The van der Waals surface area contributed by atoms with Gasteiger partial charge in [0.2, 0.25) is 0 Å². The Morgan fingerprint density at radius 1 is 1.22 bits per heavy atom. The van der Waals surface area contributed by atoms with Crippen LogP contribution in [0.5, 0.6) is 0 Å². The van der Waals surface area contributed by atoms with E-state index in [2.05, 4.69) is 23.6 Å². The van der Waals surface area contributed by atoms with E-state index >= 15 is 0 Å². The third kappa shape index (κ3) is 4.99. The zero-order valence-corrected chi connectivity index (χ0v) is 14.4. The molecule has 5 nitrogen and oxygen atoms in total. The predicted octanol–water partition coefficient (Wildman–Crippen LogP) is 3.61. The molecular formula is C18H26N2O3. The average molecular weight is 318 g/mol. The molecular weight excluding hydrogens is 292 g/mol. The van der Waals surface area contributed by atoms with Gasteiger partial charge < -0.3 is 19.8 Å². The highest BCUT2D eigenvalue weighted by atomic mass is 16.6. The third-order valence-electron chi connectivity index (χ3n) is 3.37. The van der Waals surface area contributed by atoms with Crippen LogP contribution in [0.15, 0.2) is 28.7 Å². The Morgan fingerprint density at radius 2 is 1.96 bits per heavy atom. The molecule has 23 heavy (non-hydrogen) atoms. The minimum absolute atomic E-state index is 0.387. The maximum atomic E-state index is 11.5. The first-order chi connectivity index (χ1) is 10.9. The number of ether oxygens (including phenoxy) is 1. The lowest BCUT2D eigenvalue weighted by molar-refractivity contribution is 0.0528. The van der Waals surface area contributed by atoms with Crippen LogP contribution in [0.2, 0.25) is 0 Å². The van der Waals surface area contributed by atoms with Crippen LogP contribution in [0.1, 0.15) is 39.0 Å². The SMILES string of the molecule is CCc1oc2ccccc2c1CNCCNC(=O)OC(C)(C)C. The lowest BCUT2D eigenvalue weighted by Gasteiger charge is -2.19. The maximum absolute atomic E-state index is 11.5. The Labute approximate surface area is 137 Å². The molecule has 0 saturated heterocycles. The van der Waals surface area contributed by atoms with E-state index in [0.29, 0.717) is 13.1 Å². The molecule has 0 aliphatic rings. The molecule has 2 N–H and O–H groups in total. The molecule has 2 aromatic rings. The molecule has 1 amide bonds. The number of nitrogens with one attached hydrogen (secondary N) is 2. The number of amides is 1. The summed E-state index contributed by atoms with van der Waals surface area (Å²) < 4.78 is 11.1. The van der Waals surface area contributed by atoms with Gasteiger partial charge in [-0.15, -0.1) is 0 Å². The molecule has 0 atom stereocenters. The molecule has 0 radical (unpaired) electrons. The van der Waals surface area contributed by atoms with Crippen LogP contribution in [0.3, 0.4) is 0 Å². The first kappa shape index (κ1) is 17.3. The molecule has 1 heterocycles. The van der Waals surface area contributed by atoms with Gasteiger partial charge in [0, 0.05) is 37.0 Å². The number of furan rings is 1. The van der Waals surface area contributed by atoms with Crippen LogP contribution in [-0.4, -0.2) is 24.8 Å². The van der Waals surface area contributed by atoms with Crippen molar-refractivity contribution in [2.45, 2.75) is 46.3 Å². The first-order valence-electron chi connectivity index (χ1n) is 8.07. The number of hydrogen-bond donors (Lipinski definition) is 2. The molecule has 0 fully saturated rings. The number of para-hydroxylation sites is 1. The topological polar surface area (TPSA) is 63.5 Å². The van der Waals surface area contributed by atoms with Crippen LogP contribution >= 0.6 is 0 Å².